The van der Waals surface area contributed by atoms with E-state index in [-0.39, 0.29) is 35.3 Å². The van der Waals surface area contributed by atoms with Gasteiger partial charge in [0, 0.05) is 31.2 Å². The van der Waals surface area contributed by atoms with Gasteiger partial charge in [-0.1, -0.05) is 12.1 Å². The predicted octanol–water partition coefficient (Wildman–Crippen LogP) is 4.14. The van der Waals surface area contributed by atoms with Crippen molar-refractivity contribution in [3.63, 3.8) is 0 Å². The molecule has 2 N–H and O–H groups in total. The van der Waals surface area contributed by atoms with Gasteiger partial charge in [0.2, 0.25) is 5.91 Å². The van der Waals surface area contributed by atoms with Gasteiger partial charge in [-0.2, -0.15) is 0 Å². The van der Waals surface area contributed by atoms with Crippen LogP contribution >= 0.6 is 0 Å². The molecule has 0 aliphatic carbocycles. The van der Waals surface area contributed by atoms with Crippen LogP contribution < -0.4 is 19.5 Å². The van der Waals surface area contributed by atoms with Gasteiger partial charge < -0.3 is 19.7 Å². The second kappa shape index (κ2) is 14.3. The van der Waals surface area contributed by atoms with E-state index in [1.807, 2.05) is 0 Å². The van der Waals surface area contributed by atoms with Crippen molar-refractivity contribution in [3.8, 4) is 11.5 Å². The van der Waals surface area contributed by atoms with Gasteiger partial charge in [0.05, 0.1) is 12.0 Å². The van der Waals surface area contributed by atoms with Gasteiger partial charge in [-0.25, -0.2) is 12.8 Å². The maximum atomic E-state index is 13.4. The van der Waals surface area contributed by atoms with Crippen LogP contribution in [-0.4, -0.2) is 49.9 Å². The van der Waals surface area contributed by atoms with E-state index in [0.717, 1.165) is 23.3 Å². The zero-order valence-corrected chi connectivity index (χ0v) is 24.4. The van der Waals surface area contributed by atoms with E-state index in [1.165, 1.54) is 41.3 Å². The minimum Gasteiger partial charge on any atom is -0.497 e. The van der Waals surface area contributed by atoms with Gasteiger partial charge in [0.15, 0.2) is 6.61 Å². The molecule has 0 fully saturated rings. The highest BCUT2D eigenvalue weighted by molar-refractivity contribution is 7.92. The first kappa shape index (κ1) is 31.0. The number of pyridine rings is 1. The summed E-state index contributed by atoms with van der Waals surface area (Å²) in [4.78, 5) is 31.8. The van der Waals surface area contributed by atoms with Crippen LogP contribution in [0.25, 0.3) is 0 Å². The van der Waals surface area contributed by atoms with Gasteiger partial charge in [0.1, 0.15) is 23.4 Å². The molecule has 1 aromatic heterocycles. The van der Waals surface area contributed by atoms with Crippen LogP contribution in [0.1, 0.15) is 18.1 Å². The molecule has 1 unspecified atom stereocenters. The minimum atomic E-state index is -3.93. The number of anilines is 1. The molecular weight excluding hydrogens is 575 g/mol. The average molecular weight is 607 g/mol. The maximum Gasteiger partial charge on any atom is 0.261 e. The van der Waals surface area contributed by atoms with Crippen molar-refractivity contribution < 1.29 is 31.9 Å². The Kier molecular flexibility index (Phi) is 10.3. The fraction of sp³-hybridized carbons (Fsp3) is 0.194. The van der Waals surface area contributed by atoms with Crippen molar-refractivity contribution in [1.82, 2.24) is 15.2 Å². The third-order valence-corrected chi connectivity index (χ3v) is 7.89. The summed E-state index contributed by atoms with van der Waals surface area (Å²) in [5, 5.41) is 2.85. The fourth-order valence-corrected chi connectivity index (χ4v) is 5.08. The highest BCUT2D eigenvalue weighted by atomic mass is 32.2. The highest BCUT2D eigenvalue weighted by Crippen LogP contribution is 2.20. The second-order valence-corrected chi connectivity index (χ2v) is 11.2. The maximum absolute atomic E-state index is 13.4. The lowest BCUT2D eigenvalue weighted by atomic mass is 10.1. The number of ether oxygens (including phenoxy) is 2. The lowest BCUT2D eigenvalue weighted by molar-refractivity contribution is -0.142. The smallest absolute Gasteiger partial charge is 0.261 e. The molecular formula is C31H31FN4O6S. The number of hydrogen-bond donors (Lipinski definition) is 2. The van der Waals surface area contributed by atoms with E-state index in [2.05, 4.69) is 15.0 Å². The number of amides is 2. The summed E-state index contributed by atoms with van der Waals surface area (Å²) in [6.45, 7) is 1.66. The molecule has 0 aliphatic rings. The molecule has 2 amide bonds. The number of aromatic nitrogens is 1. The summed E-state index contributed by atoms with van der Waals surface area (Å²) < 4.78 is 51.8. The molecule has 43 heavy (non-hydrogen) atoms. The molecule has 224 valence electrons. The van der Waals surface area contributed by atoms with Crippen LogP contribution in [0.4, 0.5) is 10.1 Å². The van der Waals surface area contributed by atoms with Crippen LogP contribution in [0.15, 0.2) is 102 Å². The average Bonchev–Trinajstić information content (AvgIpc) is 3.03. The Morgan fingerprint density at radius 2 is 1.51 bits per heavy atom. The SMILES string of the molecule is COc1ccc(CN(C(=O)COc2ccc(S(=O)(=O)Nc3ccc(F)cc3)cc2)C(C)C(=O)NCc2ccncc2)cc1. The van der Waals surface area contributed by atoms with Crippen molar-refractivity contribution in [1.29, 1.82) is 0 Å². The quantitative estimate of drug-likeness (QED) is 0.234. The zero-order chi connectivity index (χ0) is 30.8. The number of sulfonamides is 1. The lowest BCUT2D eigenvalue weighted by Gasteiger charge is -2.29. The Morgan fingerprint density at radius 1 is 0.884 bits per heavy atom. The lowest BCUT2D eigenvalue weighted by Crippen LogP contribution is -2.48. The van der Waals surface area contributed by atoms with E-state index in [9.17, 15) is 22.4 Å². The number of nitrogens with zero attached hydrogens (tertiary/aromatic N) is 2. The molecule has 0 saturated heterocycles. The molecule has 0 aliphatic heterocycles. The molecule has 4 aromatic rings. The Morgan fingerprint density at radius 3 is 2.14 bits per heavy atom. The van der Waals surface area contributed by atoms with Crippen LogP contribution in [-0.2, 0) is 32.7 Å². The minimum absolute atomic E-state index is 0.0453. The van der Waals surface area contributed by atoms with E-state index in [0.29, 0.717) is 5.75 Å². The topological polar surface area (TPSA) is 127 Å². The van der Waals surface area contributed by atoms with Gasteiger partial charge in [-0.05, 0) is 90.8 Å². The molecule has 0 radical (unpaired) electrons. The van der Waals surface area contributed by atoms with Crippen molar-refractivity contribution in [2.45, 2.75) is 31.0 Å². The Bertz CT molecular complexity index is 1620. The normalized spacial score (nSPS) is 11.7. The monoisotopic (exact) mass is 606 g/mol. The largest absolute Gasteiger partial charge is 0.497 e. The van der Waals surface area contributed by atoms with E-state index < -0.39 is 34.4 Å². The highest BCUT2D eigenvalue weighted by Gasteiger charge is 2.26. The van der Waals surface area contributed by atoms with Crippen LogP contribution in [0, 0.1) is 5.82 Å². The standard InChI is InChI=1S/C31H31FN4O6S/c1-22(31(38)34-19-23-15-17-33-18-16-23)36(20-24-3-9-27(41-2)10-4-24)30(37)21-42-28-11-13-29(14-12-28)43(39,40)35-26-7-5-25(32)6-8-26/h3-18,22,35H,19-21H2,1-2H3,(H,34,38). The van der Waals surface area contributed by atoms with Crippen molar-refractivity contribution in [3.05, 3.63) is 114 Å². The Hall–Kier alpha value is -4.97. The molecule has 4 rings (SSSR count). The summed E-state index contributed by atoms with van der Waals surface area (Å²) in [6.07, 6.45) is 3.26. The van der Waals surface area contributed by atoms with Gasteiger partial charge in [-0.3, -0.25) is 19.3 Å². The molecule has 1 heterocycles. The number of carbonyl (C=O) groups is 2. The summed E-state index contributed by atoms with van der Waals surface area (Å²) in [6, 6.07) is 20.3. The molecule has 3 aromatic carbocycles. The summed E-state index contributed by atoms with van der Waals surface area (Å²) >= 11 is 0. The molecule has 10 nitrogen and oxygen atoms in total. The number of carbonyl (C=O) groups excluding carboxylic acids is 2. The number of nitrogens with one attached hydrogen (secondary N) is 2. The molecule has 1 atom stereocenters. The van der Waals surface area contributed by atoms with Gasteiger partial charge >= 0.3 is 0 Å². The number of hydrogen-bond acceptors (Lipinski definition) is 7. The zero-order valence-electron chi connectivity index (χ0n) is 23.6. The van der Waals surface area contributed by atoms with E-state index in [1.54, 1.807) is 62.8 Å². The fourth-order valence-electron chi connectivity index (χ4n) is 4.02. The van der Waals surface area contributed by atoms with E-state index in [4.69, 9.17) is 9.47 Å². The van der Waals surface area contributed by atoms with Gasteiger partial charge in [-0.15, -0.1) is 0 Å². The Balaban J connectivity index is 1.42. The Labute approximate surface area is 249 Å². The van der Waals surface area contributed by atoms with Gasteiger partial charge in [0.25, 0.3) is 15.9 Å². The summed E-state index contributed by atoms with van der Waals surface area (Å²) in [7, 11) is -2.38. The number of benzene rings is 3. The van der Waals surface area contributed by atoms with Crippen molar-refractivity contribution in [2.24, 2.45) is 0 Å². The van der Waals surface area contributed by atoms with Crippen LogP contribution in [0.3, 0.4) is 0 Å². The molecule has 0 spiro atoms. The molecule has 12 heteroatoms. The molecule has 0 saturated carbocycles. The number of halogens is 1. The van der Waals surface area contributed by atoms with E-state index >= 15 is 0 Å². The second-order valence-electron chi connectivity index (χ2n) is 9.49. The predicted molar refractivity (Wildman–Crippen MR) is 158 cm³/mol. The number of methoxy groups -OCH3 is 1. The first-order chi connectivity index (χ1) is 20.6. The van der Waals surface area contributed by atoms with Crippen molar-refractivity contribution in [2.75, 3.05) is 18.4 Å². The third-order valence-electron chi connectivity index (χ3n) is 6.49. The van der Waals surface area contributed by atoms with Crippen LogP contribution in [0.2, 0.25) is 0 Å². The first-order valence-corrected chi connectivity index (χ1v) is 14.7. The van der Waals surface area contributed by atoms with Crippen LogP contribution in [0.5, 0.6) is 11.5 Å². The first-order valence-electron chi connectivity index (χ1n) is 13.2. The molecule has 0 bridgehead atoms. The third kappa shape index (κ3) is 8.76. The summed E-state index contributed by atoms with van der Waals surface area (Å²) in [5.41, 5.74) is 1.86. The summed E-state index contributed by atoms with van der Waals surface area (Å²) in [5.74, 6) is -0.361. The van der Waals surface area contributed by atoms with Crippen molar-refractivity contribution >= 4 is 27.5 Å². The number of rotatable bonds is 13.